The van der Waals surface area contributed by atoms with E-state index in [0.717, 1.165) is 32.1 Å². The lowest BCUT2D eigenvalue weighted by molar-refractivity contribution is -0.252. The number of carbonyl (C=O) groups is 3. The van der Waals surface area contributed by atoms with E-state index < -0.39 is 0 Å². The van der Waals surface area contributed by atoms with Crippen LogP contribution in [0.25, 0.3) is 0 Å². The number of fused-ring (bicyclic) bond motifs is 7. The summed E-state index contributed by atoms with van der Waals surface area (Å²) < 4.78 is 16.6. The zero-order valence-electron chi connectivity index (χ0n) is 28.3. The van der Waals surface area contributed by atoms with E-state index in [0.29, 0.717) is 36.2 Å². The first-order valence-electron chi connectivity index (χ1n) is 17.1. The Labute approximate surface area is 260 Å². The third-order valence-corrected chi connectivity index (χ3v) is 14.8. The molecule has 6 nitrogen and oxygen atoms in total. The van der Waals surface area contributed by atoms with Crippen molar-refractivity contribution in [3.63, 3.8) is 0 Å². The van der Waals surface area contributed by atoms with Crippen LogP contribution in [0.2, 0.25) is 0 Å². The van der Waals surface area contributed by atoms with Gasteiger partial charge in [0.25, 0.3) is 0 Å². The maximum atomic E-state index is 12.7. The average Bonchev–Trinajstić information content (AvgIpc) is 3.32. The second-order valence-corrected chi connectivity index (χ2v) is 16.7. The van der Waals surface area contributed by atoms with E-state index in [-0.39, 0.29) is 63.9 Å². The third kappa shape index (κ3) is 5.00. The molecule has 0 unspecified atom stereocenters. The highest BCUT2D eigenvalue weighted by atomic mass is 16.5. The van der Waals surface area contributed by atoms with Crippen LogP contribution < -0.4 is 0 Å². The molecule has 0 spiro atoms. The average molecular weight is 599 g/mol. The van der Waals surface area contributed by atoms with E-state index in [2.05, 4.69) is 48.1 Å². The van der Waals surface area contributed by atoms with E-state index >= 15 is 0 Å². The van der Waals surface area contributed by atoms with Crippen molar-refractivity contribution in [1.82, 2.24) is 0 Å². The maximum absolute atomic E-state index is 12.7. The molecule has 0 heterocycles. The van der Waals surface area contributed by atoms with Crippen molar-refractivity contribution in [3.8, 4) is 0 Å². The van der Waals surface area contributed by atoms with Crippen molar-refractivity contribution in [2.45, 2.75) is 132 Å². The molecule has 0 bridgehead atoms. The SMILES string of the molecule is C=C(C)[C@@H]1CC[C@]2(COC(=O)CCC(=O)OC)CC[C@]3(C)[C@H](CC[C@H]4[C@@]5(C)CC[C@H](OC(C)=O)C(C)(C)[C@@H]5CC[C@]43C)[C@@H]12. The second-order valence-electron chi connectivity index (χ2n) is 16.7. The minimum absolute atomic E-state index is 0.000188. The predicted molar refractivity (Wildman–Crippen MR) is 167 cm³/mol. The van der Waals surface area contributed by atoms with Crippen molar-refractivity contribution in [2.24, 2.45) is 56.7 Å². The summed E-state index contributed by atoms with van der Waals surface area (Å²) >= 11 is 0. The summed E-state index contributed by atoms with van der Waals surface area (Å²) in [5, 5.41) is 0. The molecule has 5 rings (SSSR count). The predicted octanol–water partition coefficient (Wildman–Crippen LogP) is 8.07. The summed E-state index contributed by atoms with van der Waals surface area (Å²) in [5.41, 5.74) is 1.91. The lowest BCUT2D eigenvalue weighted by Gasteiger charge is -2.73. The molecule has 5 aliphatic rings. The summed E-state index contributed by atoms with van der Waals surface area (Å²) in [6.45, 7) is 21.3. The number of rotatable bonds is 7. The number of methoxy groups -OCH3 is 1. The summed E-state index contributed by atoms with van der Waals surface area (Å²) in [7, 11) is 1.35. The van der Waals surface area contributed by atoms with E-state index in [4.69, 9.17) is 14.2 Å². The highest BCUT2D eigenvalue weighted by molar-refractivity contribution is 5.77. The smallest absolute Gasteiger partial charge is 0.306 e. The minimum atomic E-state index is -0.374. The van der Waals surface area contributed by atoms with Crippen LogP contribution in [0.15, 0.2) is 12.2 Å². The van der Waals surface area contributed by atoms with E-state index in [1.807, 2.05) is 0 Å². The van der Waals surface area contributed by atoms with Crippen LogP contribution in [-0.4, -0.2) is 37.7 Å². The summed E-state index contributed by atoms with van der Waals surface area (Å²) in [4.78, 5) is 36.3. The zero-order valence-corrected chi connectivity index (χ0v) is 28.3. The van der Waals surface area contributed by atoms with E-state index in [9.17, 15) is 14.4 Å². The van der Waals surface area contributed by atoms with Crippen LogP contribution in [-0.2, 0) is 28.6 Å². The van der Waals surface area contributed by atoms with Crippen LogP contribution in [0.5, 0.6) is 0 Å². The first-order valence-corrected chi connectivity index (χ1v) is 17.1. The minimum Gasteiger partial charge on any atom is -0.469 e. The number of hydrogen-bond acceptors (Lipinski definition) is 6. The molecule has 0 amide bonds. The van der Waals surface area contributed by atoms with Gasteiger partial charge in [0.05, 0.1) is 26.6 Å². The molecule has 5 aliphatic carbocycles. The number of esters is 3. The highest BCUT2D eigenvalue weighted by Gasteiger charge is 2.71. The van der Waals surface area contributed by atoms with Crippen LogP contribution in [0.4, 0.5) is 0 Å². The molecule has 5 saturated carbocycles. The molecule has 0 aliphatic heterocycles. The van der Waals surface area contributed by atoms with Gasteiger partial charge in [-0.3, -0.25) is 14.4 Å². The molecular formula is C37H58O6. The molecular weight excluding hydrogens is 540 g/mol. The van der Waals surface area contributed by atoms with Gasteiger partial charge in [0.15, 0.2) is 0 Å². The van der Waals surface area contributed by atoms with Crippen LogP contribution in [0.1, 0.15) is 126 Å². The van der Waals surface area contributed by atoms with Gasteiger partial charge in [0.1, 0.15) is 6.10 Å². The lowest BCUT2D eigenvalue weighted by Crippen LogP contribution is -2.67. The summed E-state index contributed by atoms with van der Waals surface area (Å²) in [6, 6.07) is 0. The Morgan fingerprint density at radius 3 is 2.12 bits per heavy atom. The number of carbonyl (C=O) groups excluding carboxylic acids is 3. The van der Waals surface area contributed by atoms with Gasteiger partial charge in [-0.15, -0.1) is 0 Å². The van der Waals surface area contributed by atoms with Gasteiger partial charge >= 0.3 is 17.9 Å². The Hall–Kier alpha value is -1.85. The Morgan fingerprint density at radius 2 is 1.47 bits per heavy atom. The Kier molecular flexibility index (Phi) is 8.47. The lowest BCUT2D eigenvalue weighted by atomic mass is 9.32. The molecule has 0 aromatic heterocycles. The quantitative estimate of drug-likeness (QED) is 0.168. The normalized spacial score (nSPS) is 44.6. The van der Waals surface area contributed by atoms with Crippen LogP contribution in [0, 0.1) is 56.7 Å². The summed E-state index contributed by atoms with van der Waals surface area (Å²) in [6.07, 6.45) is 11.6. The molecule has 0 saturated heterocycles. The number of hydrogen-bond donors (Lipinski definition) is 0. The van der Waals surface area contributed by atoms with Gasteiger partial charge in [-0.1, -0.05) is 46.8 Å². The standard InChI is InChI=1S/C37H58O6/c1-23(2)25-14-19-37(22-42-31(40)13-12-30(39)41-9)21-20-35(7)26(32(25)37)10-11-28-34(6)17-16-29(43-24(3)38)33(4,5)27(34)15-18-36(28,35)8/h25-29,32H,1,10-22H2,2-9H3/t25-,26+,27-,28-,29-,32+,34-,35+,36+,37+/m0/s1. The molecule has 0 N–H and O–H groups in total. The molecule has 10 atom stereocenters. The molecule has 242 valence electrons. The van der Waals surface area contributed by atoms with Crippen molar-refractivity contribution in [2.75, 3.05) is 13.7 Å². The van der Waals surface area contributed by atoms with Gasteiger partial charge in [-0.2, -0.15) is 0 Å². The molecule has 43 heavy (non-hydrogen) atoms. The molecule has 0 radical (unpaired) electrons. The highest BCUT2D eigenvalue weighted by Crippen LogP contribution is 2.77. The largest absolute Gasteiger partial charge is 0.469 e. The fourth-order valence-electron chi connectivity index (χ4n) is 12.5. The maximum Gasteiger partial charge on any atom is 0.306 e. The fraction of sp³-hybridized carbons (Fsp3) is 0.865. The van der Waals surface area contributed by atoms with Gasteiger partial charge in [-0.25, -0.2) is 0 Å². The third-order valence-electron chi connectivity index (χ3n) is 14.8. The Balaban J connectivity index is 1.42. The number of allylic oxidation sites excluding steroid dienone is 1. The van der Waals surface area contributed by atoms with Crippen molar-refractivity contribution >= 4 is 17.9 Å². The topological polar surface area (TPSA) is 78.9 Å². The second kappa shape index (κ2) is 11.2. The first-order chi connectivity index (χ1) is 20.1. The van der Waals surface area contributed by atoms with Crippen LogP contribution in [0.3, 0.4) is 0 Å². The van der Waals surface area contributed by atoms with E-state index in [1.54, 1.807) is 6.92 Å². The Morgan fingerprint density at radius 1 is 0.767 bits per heavy atom. The van der Waals surface area contributed by atoms with Crippen molar-refractivity contribution < 1.29 is 28.6 Å². The molecule has 6 heteroatoms. The molecule has 5 fully saturated rings. The Bertz CT molecular complexity index is 1140. The fourth-order valence-corrected chi connectivity index (χ4v) is 12.5. The zero-order chi connectivity index (χ0) is 31.6. The molecule has 0 aromatic carbocycles. The van der Waals surface area contributed by atoms with Crippen molar-refractivity contribution in [3.05, 3.63) is 12.2 Å². The number of ether oxygens (including phenoxy) is 3. The van der Waals surface area contributed by atoms with Gasteiger partial charge in [0, 0.05) is 17.8 Å². The van der Waals surface area contributed by atoms with Gasteiger partial charge in [0.2, 0.25) is 0 Å². The molecule has 0 aromatic rings. The van der Waals surface area contributed by atoms with E-state index in [1.165, 1.54) is 44.8 Å². The van der Waals surface area contributed by atoms with Crippen molar-refractivity contribution in [1.29, 1.82) is 0 Å². The first kappa shape index (κ1) is 32.5. The summed E-state index contributed by atoms with van der Waals surface area (Å²) in [5.74, 6) is 1.87. The monoisotopic (exact) mass is 598 g/mol. The van der Waals surface area contributed by atoms with Gasteiger partial charge in [-0.05, 0) is 117 Å². The van der Waals surface area contributed by atoms with Crippen LogP contribution >= 0.6 is 0 Å². The van der Waals surface area contributed by atoms with Gasteiger partial charge < -0.3 is 14.2 Å².